The Bertz CT molecular complexity index is 1010. The lowest BCUT2D eigenvalue weighted by Gasteiger charge is -2.19. The Morgan fingerprint density at radius 3 is 2.48 bits per heavy atom. The van der Waals surface area contributed by atoms with Crippen LogP contribution in [0.25, 0.3) is 15.8 Å². The van der Waals surface area contributed by atoms with Crippen LogP contribution in [0.15, 0.2) is 22.8 Å². The first kappa shape index (κ1) is 20.1. The number of carbonyl (C=O) groups is 1. The molecule has 1 unspecified atom stereocenters. The largest absolute Gasteiger partial charge is 0.355 e. The Morgan fingerprint density at radius 2 is 1.89 bits per heavy atom. The van der Waals surface area contributed by atoms with Gasteiger partial charge in [-0.3, -0.25) is 4.79 Å². The van der Waals surface area contributed by atoms with Gasteiger partial charge < -0.3 is 9.47 Å². The molecule has 7 nitrogen and oxygen atoms in total. The van der Waals surface area contributed by atoms with E-state index in [4.69, 9.17) is 9.47 Å². The van der Waals surface area contributed by atoms with E-state index in [1.807, 2.05) is 5.38 Å². The van der Waals surface area contributed by atoms with Gasteiger partial charge in [0.15, 0.2) is 17.1 Å². The fraction of sp³-hybridized carbons (Fsp3) is 0.500. The average molecular weight is 411 g/mol. The summed E-state index contributed by atoms with van der Waals surface area (Å²) in [6, 6.07) is 0. The number of nitrogens with zero attached hydrogens (tertiary/aromatic N) is 2. The molecule has 0 spiro atoms. The zero-order valence-corrected chi connectivity index (χ0v) is 17.5. The van der Waals surface area contributed by atoms with Crippen molar-refractivity contribution in [3.63, 3.8) is 0 Å². The molecular formula is C18H22N2O5S2. The molecule has 0 radical (unpaired) electrons. The molecule has 27 heavy (non-hydrogen) atoms. The third kappa shape index (κ3) is 3.33. The van der Waals surface area contributed by atoms with Crippen molar-refractivity contribution < 1.29 is 22.7 Å². The quantitative estimate of drug-likeness (QED) is 0.552. The molecule has 0 N–H and O–H groups in total. The van der Waals surface area contributed by atoms with Crippen LogP contribution in [0.4, 0.5) is 0 Å². The van der Waals surface area contributed by atoms with Gasteiger partial charge in [0.05, 0.1) is 20.9 Å². The summed E-state index contributed by atoms with van der Waals surface area (Å²) in [5, 5.41) is 1.86. The van der Waals surface area contributed by atoms with E-state index in [9.17, 15) is 13.2 Å². The summed E-state index contributed by atoms with van der Waals surface area (Å²) in [7, 11) is -0.631. The first-order valence-electron chi connectivity index (χ1n) is 8.39. The lowest BCUT2D eigenvalue weighted by atomic mass is 10.0. The van der Waals surface area contributed by atoms with Crippen LogP contribution in [0.1, 0.15) is 32.8 Å². The van der Waals surface area contributed by atoms with Gasteiger partial charge >= 0.3 is 0 Å². The summed E-state index contributed by atoms with van der Waals surface area (Å²) < 4.78 is 35.8. The van der Waals surface area contributed by atoms with Gasteiger partial charge in [-0.05, 0) is 38.8 Å². The van der Waals surface area contributed by atoms with Crippen LogP contribution in [-0.4, -0.2) is 49.4 Å². The van der Waals surface area contributed by atoms with Crippen LogP contribution < -0.4 is 0 Å². The summed E-state index contributed by atoms with van der Waals surface area (Å²) in [6.45, 7) is 4.93. The second-order valence-corrected chi connectivity index (χ2v) is 10.8. The summed E-state index contributed by atoms with van der Waals surface area (Å²) in [5.41, 5.74) is 2.10. The molecule has 0 amide bonds. The predicted molar refractivity (Wildman–Crippen MR) is 103 cm³/mol. The highest BCUT2D eigenvalue weighted by molar-refractivity contribution is 7.93. The molecule has 1 aliphatic carbocycles. The van der Waals surface area contributed by atoms with Crippen molar-refractivity contribution in [1.29, 1.82) is 0 Å². The minimum atomic E-state index is -3.62. The van der Waals surface area contributed by atoms with E-state index < -0.39 is 26.8 Å². The number of sulfone groups is 1. The number of ether oxygens (including phenoxy) is 2. The molecule has 1 atom stereocenters. The number of fused-ring (bicyclic) bond motifs is 1. The molecular weight excluding hydrogens is 388 g/mol. The van der Waals surface area contributed by atoms with Gasteiger partial charge in [-0.2, -0.15) is 0 Å². The zero-order chi connectivity index (χ0) is 20.0. The molecule has 0 fully saturated rings. The summed E-state index contributed by atoms with van der Waals surface area (Å²) in [5.74, 6) is -0.501. The van der Waals surface area contributed by atoms with Crippen molar-refractivity contribution in [2.24, 2.45) is 5.92 Å². The number of methoxy groups -OCH3 is 2. The third-order valence-electron chi connectivity index (χ3n) is 4.64. The topological polar surface area (TPSA) is 95.5 Å². The van der Waals surface area contributed by atoms with Gasteiger partial charge in [-0.15, -0.1) is 11.3 Å². The van der Waals surface area contributed by atoms with Crippen LogP contribution in [0.2, 0.25) is 0 Å². The highest BCUT2D eigenvalue weighted by Crippen LogP contribution is 2.40. The van der Waals surface area contributed by atoms with E-state index in [1.54, 1.807) is 26.8 Å². The number of hydrogen-bond acceptors (Lipinski definition) is 8. The normalized spacial score (nSPS) is 18.5. The molecule has 0 bridgehead atoms. The molecule has 2 heterocycles. The first-order chi connectivity index (χ1) is 12.6. The molecule has 0 aromatic carbocycles. The molecule has 1 aliphatic rings. The molecule has 0 saturated carbocycles. The minimum absolute atomic E-state index is 0.0318. The number of hydrogen-bond donors (Lipinski definition) is 0. The lowest BCUT2D eigenvalue weighted by molar-refractivity contribution is -0.151. The molecule has 146 valence electrons. The smallest absolute Gasteiger partial charge is 0.202 e. The average Bonchev–Trinajstić information content (AvgIpc) is 3.18. The van der Waals surface area contributed by atoms with E-state index in [2.05, 4.69) is 9.97 Å². The fourth-order valence-corrected chi connectivity index (χ4v) is 5.56. The monoisotopic (exact) mass is 410 g/mol. The molecule has 0 saturated heterocycles. The standard InChI is InChI=1S/C18H22N2O5S2/c1-18(2,3)27(22,23)16-15-14(19-9-20-16)12(8-26-15)10-6-11(13(21)7-10)17(24-4)25-5/h7-9,11,17H,6H2,1-5H3. The van der Waals surface area contributed by atoms with Crippen LogP contribution in [0.5, 0.6) is 0 Å². The predicted octanol–water partition coefficient (Wildman–Crippen LogP) is 2.85. The second-order valence-electron chi connectivity index (χ2n) is 7.34. The Balaban J connectivity index is 2.06. The van der Waals surface area contributed by atoms with E-state index in [-0.39, 0.29) is 10.8 Å². The third-order valence-corrected chi connectivity index (χ3v) is 8.18. The Hall–Kier alpha value is -1.68. The highest BCUT2D eigenvalue weighted by atomic mass is 32.2. The van der Waals surface area contributed by atoms with E-state index in [0.29, 0.717) is 16.6 Å². The second kappa shape index (κ2) is 7.05. The van der Waals surface area contributed by atoms with E-state index >= 15 is 0 Å². The van der Waals surface area contributed by atoms with Crippen LogP contribution >= 0.6 is 11.3 Å². The Kier molecular flexibility index (Phi) is 5.24. The van der Waals surface area contributed by atoms with E-state index in [0.717, 1.165) is 11.1 Å². The van der Waals surface area contributed by atoms with Crippen LogP contribution in [0, 0.1) is 5.92 Å². The maximum atomic E-state index is 12.9. The molecule has 2 aromatic heterocycles. The summed E-state index contributed by atoms with van der Waals surface area (Å²) >= 11 is 1.27. The highest BCUT2D eigenvalue weighted by Gasteiger charge is 2.37. The van der Waals surface area contributed by atoms with Gasteiger partial charge in [0.25, 0.3) is 0 Å². The molecule has 2 aromatic rings. The Morgan fingerprint density at radius 1 is 1.22 bits per heavy atom. The van der Waals surface area contributed by atoms with Gasteiger partial charge in [-0.1, -0.05) is 0 Å². The van der Waals surface area contributed by atoms with Crippen molar-refractivity contribution in [3.8, 4) is 0 Å². The van der Waals surface area contributed by atoms with Gasteiger partial charge in [0.2, 0.25) is 9.84 Å². The number of allylic oxidation sites excluding steroid dienone is 2. The minimum Gasteiger partial charge on any atom is -0.355 e. The van der Waals surface area contributed by atoms with Gasteiger partial charge in [-0.25, -0.2) is 18.4 Å². The maximum Gasteiger partial charge on any atom is 0.202 e. The molecule has 0 aliphatic heterocycles. The van der Waals surface area contributed by atoms with E-state index in [1.165, 1.54) is 31.9 Å². The summed E-state index contributed by atoms with van der Waals surface area (Å²) in [6.07, 6.45) is 2.65. The maximum absolute atomic E-state index is 12.9. The van der Waals surface area contributed by atoms with Crippen molar-refractivity contribution in [1.82, 2.24) is 9.97 Å². The molecule has 9 heteroatoms. The fourth-order valence-electron chi connectivity index (χ4n) is 3.06. The summed E-state index contributed by atoms with van der Waals surface area (Å²) in [4.78, 5) is 20.7. The van der Waals surface area contributed by atoms with Crippen molar-refractivity contribution in [3.05, 3.63) is 23.3 Å². The number of ketones is 1. The van der Waals surface area contributed by atoms with Crippen molar-refractivity contribution >= 4 is 42.7 Å². The first-order valence-corrected chi connectivity index (χ1v) is 10.7. The molecule has 3 rings (SSSR count). The van der Waals surface area contributed by atoms with Crippen LogP contribution in [0.3, 0.4) is 0 Å². The van der Waals surface area contributed by atoms with Crippen LogP contribution in [-0.2, 0) is 24.1 Å². The number of aromatic nitrogens is 2. The number of carbonyl (C=O) groups excluding carboxylic acids is 1. The zero-order valence-electron chi connectivity index (χ0n) is 15.8. The SMILES string of the molecule is COC(OC)C1CC(c2csc3c(S(=O)(=O)C(C)(C)C)ncnc23)=CC1=O. The Labute approximate surface area is 162 Å². The number of rotatable bonds is 5. The van der Waals surface area contributed by atoms with Crippen molar-refractivity contribution in [2.75, 3.05) is 14.2 Å². The van der Waals surface area contributed by atoms with Gasteiger partial charge in [0, 0.05) is 25.2 Å². The lowest BCUT2D eigenvalue weighted by Crippen LogP contribution is -2.28. The van der Waals surface area contributed by atoms with Gasteiger partial charge in [0.1, 0.15) is 6.33 Å². The van der Waals surface area contributed by atoms with Crippen molar-refractivity contribution in [2.45, 2.75) is 43.3 Å². The number of thiophene rings is 1.